The van der Waals surface area contributed by atoms with Crippen molar-refractivity contribution in [2.45, 2.75) is 6.92 Å². The van der Waals surface area contributed by atoms with Gasteiger partial charge in [0, 0.05) is 24.6 Å². The van der Waals surface area contributed by atoms with E-state index < -0.39 is 5.82 Å². The Kier molecular flexibility index (Phi) is 3.75. The number of aromatic nitrogens is 1. The lowest BCUT2D eigenvalue weighted by Crippen LogP contribution is -2.31. The Hall–Kier alpha value is -2.43. The van der Waals surface area contributed by atoms with Crippen LogP contribution in [0.25, 0.3) is 0 Å². The van der Waals surface area contributed by atoms with E-state index in [1.54, 1.807) is 24.5 Å². The van der Waals surface area contributed by atoms with Crippen LogP contribution >= 0.6 is 0 Å². The lowest BCUT2D eigenvalue weighted by Gasteiger charge is -2.21. The van der Waals surface area contributed by atoms with Crippen LogP contribution in [0, 0.1) is 5.82 Å². The molecule has 19 heavy (non-hydrogen) atoms. The molecule has 5 heteroatoms. The molecule has 1 heterocycles. The van der Waals surface area contributed by atoms with E-state index in [9.17, 15) is 9.18 Å². The zero-order valence-electron chi connectivity index (χ0n) is 10.5. The number of halogens is 1. The Morgan fingerprint density at radius 2 is 2.00 bits per heavy atom. The first-order valence-electron chi connectivity index (χ1n) is 5.91. The Labute approximate surface area is 110 Å². The molecule has 0 aliphatic heterocycles. The van der Waals surface area contributed by atoms with E-state index in [1.165, 1.54) is 23.1 Å². The van der Waals surface area contributed by atoms with E-state index in [2.05, 4.69) is 4.98 Å². The number of nitrogens with two attached hydrogens (primary N) is 1. The number of benzene rings is 1. The molecule has 0 spiro atoms. The Balaban J connectivity index is 2.39. The van der Waals surface area contributed by atoms with Crippen LogP contribution in [-0.4, -0.2) is 17.4 Å². The zero-order valence-corrected chi connectivity index (χ0v) is 10.5. The number of para-hydroxylation sites is 1. The molecule has 0 aliphatic carbocycles. The monoisotopic (exact) mass is 259 g/mol. The van der Waals surface area contributed by atoms with Crippen LogP contribution < -0.4 is 10.6 Å². The van der Waals surface area contributed by atoms with Gasteiger partial charge in [-0.3, -0.25) is 9.78 Å². The van der Waals surface area contributed by atoms with Gasteiger partial charge in [0.05, 0.1) is 11.3 Å². The minimum Gasteiger partial charge on any atom is -0.396 e. The number of carbonyl (C=O) groups is 1. The molecule has 4 nitrogen and oxygen atoms in total. The highest BCUT2D eigenvalue weighted by Crippen LogP contribution is 2.21. The molecule has 0 fully saturated rings. The number of hydrogen-bond donors (Lipinski definition) is 1. The molecule has 2 N–H and O–H groups in total. The van der Waals surface area contributed by atoms with Gasteiger partial charge in [0.25, 0.3) is 5.91 Å². The number of pyridine rings is 1. The fraction of sp³-hybridized carbons (Fsp3) is 0.143. The highest BCUT2D eigenvalue weighted by atomic mass is 19.1. The van der Waals surface area contributed by atoms with Gasteiger partial charge in [-0.1, -0.05) is 6.07 Å². The van der Waals surface area contributed by atoms with E-state index in [-0.39, 0.29) is 17.2 Å². The first-order chi connectivity index (χ1) is 9.15. The van der Waals surface area contributed by atoms with Crippen LogP contribution in [0.15, 0.2) is 42.7 Å². The van der Waals surface area contributed by atoms with Crippen molar-refractivity contribution in [1.82, 2.24) is 4.98 Å². The van der Waals surface area contributed by atoms with Crippen LogP contribution in [0.5, 0.6) is 0 Å². The normalized spacial score (nSPS) is 10.2. The van der Waals surface area contributed by atoms with Crippen LogP contribution in [0.3, 0.4) is 0 Å². The third-order valence-electron chi connectivity index (χ3n) is 2.82. The van der Waals surface area contributed by atoms with Gasteiger partial charge in [-0.05, 0) is 31.2 Å². The zero-order chi connectivity index (χ0) is 13.8. The van der Waals surface area contributed by atoms with Crippen molar-refractivity contribution in [3.8, 4) is 0 Å². The van der Waals surface area contributed by atoms with Gasteiger partial charge in [-0.15, -0.1) is 0 Å². The molecular weight excluding hydrogens is 245 g/mol. The van der Waals surface area contributed by atoms with Crippen LogP contribution in [0.4, 0.5) is 15.8 Å². The molecule has 1 aromatic carbocycles. The molecule has 98 valence electrons. The summed E-state index contributed by atoms with van der Waals surface area (Å²) in [5, 5.41) is 0. The predicted octanol–water partition coefficient (Wildman–Crippen LogP) is 2.47. The predicted molar refractivity (Wildman–Crippen MR) is 72.4 cm³/mol. The summed E-state index contributed by atoms with van der Waals surface area (Å²) in [6.07, 6.45) is 3.19. The molecule has 0 bridgehead atoms. The first-order valence-corrected chi connectivity index (χ1v) is 5.91. The smallest absolute Gasteiger partial charge is 0.260 e. The number of nitrogen functional groups attached to an aromatic ring is 1. The SMILES string of the molecule is CCN(C(=O)c1cccc(F)c1N)c1ccncc1. The Bertz CT molecular complexity index is 586. The third kappa shape index (κ3) is 2.54. The Morgan fingerprint density at radius 1 is 1.32 bits per heavy atom. The van der Waals surface area contributed by atoms with Crippen molar-refractivity contribution < 1.29 is 9.18 Å². The number of carbonyl (C=O) groups excluding carboxylic acids is 1. The van der Waals surface area contributed by atoms with E-state index in [0.29, 0.717) is 12.2 Å². The van der Waals surface area contributed by atoms with E-state index in [0.717, 1.165) is 0 Å². The maximum absolute atomic E-state index is 13.4. The number of rotatable bonds is 3. The summed E-state index contributed by atoms with van der Waals surface area (Å²) in [4.78, 5) is 17.8. The maximum atomic E-state index is 13.4. The second kappa shape index (κ2) is 5.48. The fourth-order valence-electron chi connectivity index (χ4n) is 1.84. The van der Waals surface area contributed by atoms with Crippen molar-refractivity contribution in [3.63, 3.8) is 0 Å². The fourth-order valence-corrected chi connectivity index (χ4v) is 1.84. The summed E-state index contributed by atoms with van der Waals surface area (Å²) in [6, 6.07) is 7.66. The minimum atomic E-state index is -0.586. The second-order valence-corrected chi connectivity index (χ2v) is 3.96. The average molecular weight is 259 g/mol. The summed E-state index contributed by atoms with van der Waals surface area (Å²) in [5.74, 6) is -0.915. The lowest BCUT2D eigenvalue weighted by molar-refractivity contribution is 0.0989. The van der Waals surface area contributed by atoms with Crippen LogP contribution in [0.2, 0.25) is 0 Å². The summed E-state index contributed by atoms with van der Waals surface area (Å²) < 4.78 is 13.4. The van der Waals surface area contributed by atoms with Gasteiger partial charge in [0.2, 0.25) is 0 Å². The number of anilines is 2. The van der Waals surface area contributed by atoms with Crippen molar-refractivity contribution in [2.75, 3.05) is 17.2 Å². The highest BCUT2D eigenvalue weighted by molar-refractivity contribution is 6.09. The van der Waals surface area contributed by atoms with Gasteiger partial charge in [0.15, 0.2) is 0 Å². The van der Waals surface area contributed by atoms with Crippen molar-refractivity contribution in [3.05, 3.63) is 54.1 Å². The number of hydrogen-bond acceptors (Lipinski definition) is 3. The highest BCUT2D eigenvalue weighted by Gasteiger charge is 2.19. The van der Waals surface area contributed by atoms with Crippen LogP contribution in [-0.2, 0) is 0 Å². The minimum absolute atomic E-state index is 0.125. The van der Waals surface area contributed by atoms with Gasteiger partial charge < -0.3 is 10.6 Å². The topological polar surface area (TPSA) is 59.2 Å². The van der Waals surface area contributed by atoms with Crippen molar-refractivity contribution in [1.29, 1.82) is 0 Å². The second-order valence-electron chi connectivity index (χ2n) is 3.96. The van der Waals surface area contributed by atoms with Crippen molar-refractivity contribution >= 4 is 17.3 Å². The van der Waals surface area contributed by atoms with Crippen LogP contribution in [0.1, 0.15) is 17.3 Å². The Morgan fingerprint density at radius 3 is 2.63 bits per heavy atom. The summed E-state index contributed by atoms with van der Waals surface area (Å²) in [5.41, 5.74) is 6.36. The number of amides is 1. The molecule has 0 unspecified atom stereocenters. The molecule has 0 saturated carbocycles. The van der Waals surface area contributed by atoms with E-state index in [4.69, 9.17) is 5.73 Å². The quantitative estimate of drug-likeness (QED) is 0.861. The summed E-state index contributed by atoms with van der Waals surface area (Å²) >= 11 is 0. The van der Waals surface area contributed by atoms with Gasteiger partial charge in [0.1, 0.15) is 5.82 Å². The van der Waals surface area contributed by atoms with E-state index >= 15 is 0 Å². The van der Waals surface area contributed by atoms with Gasteiger partial charge in [-0.25, -0.2) is 4.39 Å². The maximum Gasteiger partial charge on any atom is 0.260 e. The molecule has 2 aromatic rings. The van der Waals surface area contributed by atoms with E-state index in [1.807, 2.05) is 6.92 Å². The molecule has 0 radical (unpaired) electrons. The average Bonchev–Trinajstić information content (AvgIpc) is 2.44. The third-order valence-corrected chi connectivity index (χ3v) is 2.82. The largest absolute Gasteiger partial charge is 0.396 e. The molecule has 1 aromatic heterocycles. The molecule has 0 aliphatic rings. The van der Waals surface area contributed by atoms with Gasteiger partial charge >= 0.3 is 0 Å². The summed E-state index contributed by atoms with van der Waals surface area (Å²) in [7, 11) is 0. The molecule has 0 saturated heterocycles. The van der Waals surface area contributed by atoms with Crippen molar-refractivity contribution in [2.24, 2.45) is 0 Å². The first kappa shape index (κ1) is 13.0. The van der Waals surface area contributed by atoms with Gasteiger partial charge in [-0.2, -0.15) is 0 Å². The lowest BCUT2D eigenvalue weighted by atomic mass is 10.1. The molecule has 2 rings (SSSR count). The molecule has 1 amide bonds. The molecular formula is C14H14FN3O. The summed E-state index contributed by atoms with van der Waals surface area (Å²) in [6.45, 7) is 2.30. The molecule has 0 atom stereocenters. The standard InChI is InChI=1S/C14H14FN3O/c1-2-18(10-6-8-17-9-7-10)14(19)11-4-3-5-12(15)13(11)16/h3-9H,2,16H2,1H3. The number of nitrogens with zero attached hydrogens (tertiary/aromatic N) is 2.